The smallest absolute Gasteiger partial charge is 0.371 e. The van der Waals surface area contributed by atoms with E-state index in [9.17, 15) is 4.79 Å². The molecule has 2 unspecified atom stereocenters. The van der Waals surface area contributed by atoms with Gasteiger partial charge in [0, 0.05) is 6.04 Å². The molecule has 0 saturated heterocycles. The molecule has 0 radical (unpaired) electrons. The predicted molar refractivity (Wildman–Crippen MR) is 75.4 cm³/mol. The summed E-state index contributed by atoms with van der Waals surface area (Å²) in [6.45, 7) is 6.36. The first-order valence-corrected chi connectivity index (χ1v) is 7.13. The zero-order valence-electron chi connectivity index (χ0n) is 12.1. The van der Waals surface area contributed by atoms with Crippen LogP contribution in [-0.4, -0.2) is 17.1 Å². The second-order valence-electron chi connectivity index (χ2n) is 5.15. The fraction of sp³-hybridized carbons (Fsp3) is 0.667. The Balaban J connectivity index is 2.36. The Bertz CT molecular complexity index is 386. The lowest BCUT2D eigenvalue weighted by Gasteiger charge is -2.18. The number of unbranched alkanes of at least 4 members (excludes halogenated alkanes) is 3. The molecule has 1 aromatic rings. The van der Waals surface area contributed by atoms with Gasteiger partial charge in [-0.05, 0) is 32.4 Å². The van der Waals surface area contributed by atoms with Crippen LogP contribution >= 0.6 is 0 Å². The van der Waals surface area contributed by atoms with Crippen LogP contribution in [0.15, 0.2) is 16.5 Å². The van der Waals surface area contributed by atoms with Crippen LogP contribution in [0.3, 0.4) is 0 Å². The van der Waals surface area contributed by atoms with Gasteiger partial charge in [0.1, 0.15) is 5.76 Å². The SMILES string of the molecule is CCCCCCC(C)NC(C)c1ccc(C(=O)O)o1. The maximum Gasteiger partial charge on any atom is 0.371 e. The van der Waals surface area contributed by atoms with Gasteiger partial charge in [0.25, 0.3) is 0 Å². The third-order valence-corrected chi connectivity index (χ3v) is 3.29. The molecular weight excluding hydrogens is 242 g/mol. The molecule has 0 saturated carbocycles. The number of carboxylic acids is 1. The molecule has 1 rings (SSSR count). The minimum Gasteiger partial charge on any atom is -0.475 e. The standard InChI is InChI=1S/C15H25NO3/c1-4-5-6-7-8-11(2)16-12(3)13-9-10-14(19-13)15(17)18/h9-12,16H,4-8H2,1-3H3,(H,17,18). The lowest BCUT2D eigenvalue weighted by atomic mass is 10.1. The number of hydrogen-bond acceptors (Lipinski definition) is 3. The third kappa shape index (κ3) is 5.47. The Kier molecular flexibility index (Phi) is 6.64. The molecule has 2 atom stereocenters. The van der Waals surface area contributed by atoms with Crippen molar-refractivity contribution in [2.45, 2.75) is 65.0 Å². The maximum absolute atomic E-state index is 10.7. The number of hydrogen-bond donors (Lipinski definition) is 2. The van der Waals surface area contributed by atoms with Crippen molar-refractivity contribution in [2.75, 3.05) is 0 Å². The van der Waals surface area contributed by atoms with Gasteiger partial charge < -0.3 is 14.8 Å². The fourth-order valence-corrected chi connectivity index (χ4v) is 2.17. The molecule has 108 valence electrons. The molecule has 0 amide bonds. The van der Waals surface area contributed by atoms with Crippen molar-refractivity contribution >= 4 is 5.97 Å². The van der Waals surface area contributed by atoms with Gasteiger partial charge in [-0.1, -0.05) is 32.6 Å². The monoisotopic (exact) mass is 267 g/mol. The van der Waals surface area contributed by atoms with Crippen molar-refractivity contribution in [1.29, 1.82) is 0 Å². The number of aromatic carboxylic acids is 1. The van der Waals surface area contributed by atoms with Crippen LogP contribution in [0.4, 0.5) is 0 Å². The first-order chi connectivity index (χ1) is 9.04. The molecule has 19 heavy (non-hydrogen) atoms. The molecule has 0 aliphatic rings. The molecule has 4 nitrogen and oxygen atoms in total. The Labute approximate surface area is 115 Å². The summed E-state index contributed by atoms with van der Waals surface area (Å²) >= 11 is 0. The first-order valence-electron chi connectivity index (χ1n) is 7.13. The number of rotatable bonds is 9. The topological polar surface area (TPSA) is 62.5 Å². The largest absolute Gasteiger partial charge is 0.475 e. The summed E-state index contributed by atoms with van der Waals surface area (Å²) < 4.78 is 5.29. The highest BCUT2D eigenvalue weighted by atomic mass is 16.4. The zero-order chi connectivity index (χ0) is 14.3. The van der Waals surface area contributed by atoms with E-state index in [1.54, 1.807) is 6.07 Å². The lowest BCUT2D eigenvalue weighted by Crippen LogP contribution is -2.28. The van der Waals surface area contributed by atoms with Gasteiger partial charge in [-0.25, -0.2) is 4.79 Å². The number of furan rings is 1. The molecule has 0 bridgehead atoms. The minimum atomic E-state index is -1.02. The molecule has 4 heteroatoms. The molecule has 0 aliphatic carbocycles. The fourth-order valence-electron chi connectivity index (χ4n) is 2.17. The van der Waals surface area contributed by atoms with E-state index in [0.717, 1.165) is 6.42 Å². The summed E-state index contributed by atoms with van der Waals surface area (Å²) in [5, 5.41) is 12.3. The average Bonchev–Trinajstić information content (AvgIpc) is 2.84. The summed E-state index contributed by atoms with van der Waals surface area (Å²) in [4.78, 5) is 10.7. The van der Waals surface area contributed by atoms with Gasteiger partial charge in [-0.3, -0.25) is 0 Å². The van der Waals surface area contributed by atoms with Crippen LogP contribution in [0.5, 0.6) is 0 Å². The summed E-state index contributed by atoms with van der Waals surface area (Å²) in [6, 6.07) is 3.67. The Morgan fingerprint density at radius 2 is 2.05 bits per heavy atom. The van der Waals surface area contributed by atoms with Crippen molar-refractivity contribution in [3.05, 3.63) is 23.7 Å². The van der Waals surface area contributed by atoms with E-state index in [-0.39, 0.29) is 11.8 Å². The Morgan fingerprint density at radius 1 is 1.32 bits per heavy atom. The number of carboxylic acid groups (broad SMARTS) is 1. The minimum absolute atomic E-state index is 0.000696. The van der Waals surface area contributed by atoms with Crippen LogP contribution in [0.25, 0.3) is 0 Å². The predicted octanol–water partition coefficient (Wildman–Crippen LogP) is 3.99. The van der Waals surface area contributed by atoms with Crippen LogP contribution < -0.4 is 5.32 Å². The van der Waals surface area contributed by atoms with Crippen molar-refractivity contribution in [3.8, 4) is 0 Å². The lowest BCUT2D eigenvalue weighted by molar-refractivity contribution is 0.0659. The highest BCUT2D eigenvalue weighted by molar-refractivity contribution is 5.84. The molecule has 1 aromatic heterocycles. The summed E-state index contributed by atoms with van der Waals surface area (Å²) in [5.41, 5.74) is 0. The van der Waals surface area contributed by atoms with Crippen molar-refractivity contribution in [2.24, 2.45) is 0 Å². The average molecular weight is 267 g/mol. The van der Waals surface area contributed by atoms with Gasteiger partial charge in [-0.2, -0.15) is 0 Å². The van der Waals surface area contributed by atoms with Gasteiger partial charge in [0.05, 0.1) is 6.04 Å². The van der Waals surface area contributed by atoms with E-state index in [1.165, 1.54) is 31.7 Å². The normalized spacial score (nSPS) is 14.3. The summed E-state index contributed by atoms with van der Waals surface area (Å²) in [5.74, 6) is -0.344. The third-order valence-electron chi connectivity index (χ3n) is 3.29. The van der Waals surface area contributed by atoms with Crippen LogP contribution in [0.2, 0.25) is 0 Å². The van der Waals surface area contributed by atoms with E-state index in [0.29, 0.717) is 11.8 Å². The summed E-state index contributed by atoms with van der Waals surface area (Å²) in [7, 11) is 0. The molecule has 1 heterocycles. The van der Waals surface area contributed by atoms with Gasteiger partial charge in [0.15, 0.2) is 0 Å². The summed E-state index contributed by atoms with van der Waals surface area (Å²) in [6.07, 6.45) is 6.19. The Morgan fingerprint density at radius 3 is 2.63 bits per heavy atom. The highest BCUT2D eigenvalue weighted by Gasteiger charge is 2.15. The van der Waals surface area contributed by atoms with E-state index in [4.69, 9.17) is 9.52 Å². The number of carbonyl (C=O) groups is 1. The van der Waals surface area contributed by atoms with Crippen LogP contribution in [-0.2, 0) is 0 Å². The maximum atomic E-state index is 10.7. The van der Waals surface area contributed by atoms with E-state index >= 15 is 0 Å². The molecule has 2 N–H and O–H groups in total. The van der Waals surface area contributed by atoms with E-state index in [2.05, 4.69) is 19.2 Å². The second kappa shape index (κ2) is 8.00. The molecule has 0 aromatic carbocycles. The Hall–Kier alpha value is -1.29. The molecular formula is C15H25NO3. The van der Waals surface area contributed by atoms with Crippen LogP contribution in [0.1, 0.15) is 75.2 Å². The highest BCUT2D eigenvalue weighted by Crippen LogP contribution is 2.18. The van der Waals surface area contributed by atoms with Crippen LogP contribution in [0, 0.1) is 0 Å². The van der Waals surface area contributed by atoms with Crippen molar-refractivity contribution in [3.63, 3.8) is 0 Å². The van der Waals surface area contributed by atoms with Crippen molar-refractivity contribution in [1.82, 2.24) is 5.32 Å². The van der Waals surface area contributed by atoms with E-state index in [1.807, 2.05) is 6.92 Å². The van der Waals surface area contributed by atoms with Gasteiger partial charge in [0.2, 0.25) is 5.76 Å². The van der Waals surface area contributed by atoms with Gasteiger partial charge >= 0.3 is 5.97 Å². The van der Waals surface area contributed by atoms with Crippen molar-refractivity contribution < 1.29 is 14.3 Å². The van der Waals surface area contributed by atoms with Gasteiger partial charge in [-0.15, -0.1) is 0 Å². The zero-order valence-corrected chi connectivity index (χ0v) is 12.1. The van der Waals surface area contributed by atoms with E-state index < -0.39 is 5.97 Å². The first kappa shape index (κ1) is 15.8. The molecule has 0 aliphatic heterocycles. The quantitative estimate of drug-likeness (QED) is 0.664. The molecule has 0 spiro atoms. The second-order valence-corrected chi connectivity index (χ2v) is 5.15. The molecule has 0 fully saturated rings. The number of nitrogens with one attached hydrogen (secondary N) is 1.